The van der Waals surface area contributed by atoms with Crippen LogP contribution in [0.5, 0.6) is 23.0 Å². The molecule has 0 heterocycles. The monoisotopic (exact) mass is 406 g/mol. The molecule has 0 atom stereocenters. The molecular weight excluding hydrogens is 376 g/mol. The fraction of sp³-hybridized carbons (Fsp3) is 0.308. The van der Waals surface area contributed by atoms with Gasteiger partial charge < -0.3 is 18.9 Å². The molecular formula is C26H30O4. The minimum atomic E-state index is 0.774. The largest absolute Gasteiger partial charge is 0.497 e. The molecule has 0 aliphatic rings. The number of rotatable bonds is 10. The second kappa shape index (κ2) is 10.6. The zero-order chi connectivity index (χ0) is 21.3. The number of hydrogen-bond donors (Lipinski definition) is 0. The molecule has 3 aromatic carbocycles. The van der Waals surface area contributed by atoms with E-state index in [1.165, 1.54) is 22.3 Å². The maximum atomic E-state index is 5.55. The quantitative estimate of drug-likeness (QED) is 0.458. The topological polar surface area (TPSA) is 36.9 Å². The van der Waals surface area contributed by atoms with Gasteiger partial charge in [-0.15, -0.1) is 0 Å². The first kappa shape index (κ1) is 21.6. The maximum Gasteiger partial charge on any atom is 0.161 e. The number of hydrogen-bond acceptors (Lipinski definition) is 4. The summed E-state index contributed by atoms with van der Waals surface area (Å²) in [6, 6.07) is 20.8. The van der Waals surface area contributed by atoms with Crippen LogP contribution < -0.4 is 18.9 Å². The van der Waals surface area contributed by atoms with Crippen LogP contribution in [0.2, 0.25) is 0 Å². The predicted octanol–water partition coefficient (Wildman–Crippen LogP) is 5.29. The van der Waals surface area contributed by atoms with Gasteiger partial charge in [0.25, 0.3) is 0 Å². The molecule has 0 aliphatic carbocycles. The third-order valence-corrected chi connectivity index (χ3v) is 5.39. The average molecular weight is 407 g/mol. The lowest BCUT2D eigenvalue weighted by atomic mass is 9.94. The van der Waals surface area contributed by atoms with Gasteiger partial charge in [0.2, 0.25) is 0 Å². The lowest BCUT2D eigenvalue weighted by Gasteiger charge is -2.15. The molecule has 0 radical (unpaired) electrons. The van der Waals surface area contributed by atoms with Crippen LogP contribution in [0.1, 0.15) is 22.3 Å². The maximum absolute atomic E-state index is 5.55. The van der Waals surface area contributed by atoms with Crippen molar-refractivity contribution in [1.82, 2.24) is 0 Å². The van der Waals surface area contributed by atoms with Gasteiger partial charge in [0, 0.05) is 0 Å². The van der Waals surface area contributed by atoms with Crippen LogP contribution in [0.4, 0.5) is 0 Å². The van der Waals surface area contributed by atoms with Gasteiger partial charge in [-0.25, -0.2) is 0 Å². The zero-order valence-corrected chi connectivity index (χ0v) is 18.2. The Morgan fingerprint density at radius 3 is 1.13 bits per heavy atom. The van der Waals surface area contributed by atoms with E-state index in [0.717, 1.165) is 48.7 Å². The van der Waals surface area contributed by atoms with Crippen LogP contribution in [-0.2, 0) is 25.7 Å². The Kier molecular flexibility index (Phi) is 7.61. The Morgan fingerprint density at radius 1 is 0.467 bits per heavy atom. The first-order valence-electron chi connectivity index (χ1n) is 10.2. The van der Waals surface area contributed by atoms with Crippen molar-refractivity contribution in [2.45, 2.75) is 25.7 Å². The van der Waals surface area contributed by atoms with E-state index in [1.807, 2.05) is 24.3 Å². The Morgan fingerprint density at radius 2 is 0.833 bits per heavy atom. The average Bonchev–Trinajstić information content (AvgIpc) is 2.81. The first-order valence-corrected chi connectivity index (χ1v) is 10.2. The molecule has 30 heavy (non-hydrogen) atoms. The van der Waals surface area contributed by atoms with E-state index in [0.29, 0.717) is 0 Å². The Labute approximate surface area is 179 Å². The van der Waals surface area contributed by atoms with Crippen molar-refractivity contribution in [3.8, 4) is 23.0 Å². The second-order valence-corrected chi connectivity index (χ2v) is 7.17. The van der Waals surface area contributed by atoms with Crippen LogP contribution >= 0.6 is 0 Å². The SMILES string of the molecule is COc1ccc(CCc2cc(OC)c(OC)cc2CCc2ccc(OC)cc2)cc1. The number of methoxy groups -OCH3 is 4. The summed E-state index contributed by atoms with van der Waals surface area (Å²) in [6.07, 6.45) is 3.78. The van der Waals surface area contributed by atoms with E-state index in [-0.39, 0.29) is 0 Å². The van der Waals surface area contributed by atoms with Crippen molar-refractivity contribution in [3.05, 3.63) is 82.9 Å². The molecule has 0 spiro atoms. The molecule has 4 heteroatoms. The van der Waals surface area contributed by atoms with Crippen molar-refractivity contribution in [1.29, 1.82) is 0 Å². The lowest BCUT2D eigenvalue weighted by Crippen LogP contribution is -2.02. The molecule has 0 saturated carbocycles. The highest BCUT2D eigenvalue weighted by atomic mass is 16.5. The fourth-order valence-electron chi connectivity index (χ4n) is 3.57. The summed E-state index contributed by atoms with van der Waals surface area (Å²) in [6.45, 7) is 0. The smallest absolute Gasteiger partial charge is 0.161 e. The van der Waals surface area contributed by atoms with E-state index in [9.17, 15) is 0 Å². The van der Waals surface area contributed by atoms with Gasteiger partial charge in [-0.1, -0.05) is 24.3 Å². The molecule has 3 aromatic rings. The van der Waals surface area contributed by atoms with Crippen LogP contribution in [0.15, 0.2) is 60.7 Å². The van der Waals surface area contributed by atoms with E-state index in [2.05, 4.69) is 36.4 Å². The molecule has 0 aliphatic heterocycles. The molecule has 0 unspecified atom stereocenters. The summed E-state index contributed by atoms with van der Waals surface area (Å²) in [5, 5.41) is 0. The summed E-state index contributed by atoms with van der Waals surface area (Å²) < 4.78 is 21.6. The van der Waals surface area contributed by atoms with Crippen molar-refractivity contribution in [2.24, 2.45) is 0 Å². The zero-order valence-electron chi connectivity index (χ0n) is 18.2. The first-order chi connectivity index (χ1) is 14.7. The minimum Gasteiger partial charge on any atom is -0.497 e. The van der Waals surface area contributed by atoms with Crippen LogP contribution in [0.3, 0.4) is 0 Å². The van der Waals surface area contributed by atoms with Crippen molar-refractivity contribution < 1.29 is 18.9 Å². The number of aryl methyl sites for hydroxylation is 4. The Bertz CT molecular complexity index is 852. The van der Waals surface area contributed by atoms with E-state index >= 15 is 0 Å². The minimum absolute atomic E-state index is 0.774. The van der Waals surface area contributed by atoms with E-state index < -0.39 is 0 Å². The molecule has 4 nitrogen and oxygen atoms in total. The molecule has 0 saturated heterocycles. The summed E-state index contributed by atoms with van der Waals surface area (Å²) >= 11 is 0. The van der Waals surface area contributed by atoms with Crippen LogP contribution in [-0.4, -0.2) is 28.4 Å². The molecule has 3 rings (SSSR count). The second-order valence-electron chi connectivity index (χ2n) is 7.17. The predicted molar refractivity (Wildman–Crippen MR) is 120 cm³/mol. The van der Waals surface area contributed by atoms with Gasteiger partial charge in [-0.2, -0.15) is 0 Å². The van der Waals surface area contributed by atoms with Gasteiger partial charge in [-0.3, -0.25) is 0 Å². The third-order valence-electron chi connectivity index (χ3n) is 5.39. The molecule has 0 bridgehead atoms. The highest BCUT2D eigenvalue weighted by molar-refractivity contribution is 5.48. The van der Waals surface area contributed by atoms with Gasteiger partial charge in [0.1, 0.15) is 11.5 Å². The summed E-state index contributed by atoms with van der Waals surface area (Å²) in [7, 11) is 6.74. The van der Waals surface area contributed by atoms with E-state index in [4.69, 9.17) is 18.9 Å². The molecule has 0 amide bonds. The third kappa shape index (κ3) is 5.47. The normalized spacial score (nSPS) is 10.5. The number of benzene rings is 3. The molecule has 0 aromatic heterocycles. The molecule has 158 valence electrons. The summed E-state index contributed by atoms with van der Waals surface area (Å²) in [5.41, 5.74) is 5.15. The Balaban J connectivity index is 1.78. The van der Waals surface area contributed by atoms with Gasteiger partial charge in [0.05, 0.1) is 28.4 Å². The van der Waals surface area contributed by atoms with Gasteiger partial charge in [0.15, 0.2) is 11.5 Å². The standard InChI is InChI=1S/C26H30O4/c1-27-23-13-7-19(8-14-23)5-11-21-17-25(29-3)26(30-4)18-22(21)12-6-20-9-15-24(28-2)16-10-20/h7-10,13-18H,5-6,11-12H2,1-4H3. The van der Waals surface area contributed by atoms with Crippen molar-refractivity contribution in [2.75, 3.05) is 28.4 Å². The van der Waals surface area contributed by atoms with Crippen LogP contribution in [0, 0.1) is 0 Å². The van der Waals surface area contributed by atoms with Gasteiger partial charge >= 0.3 is 0 Å². The van der Waals surface area contributed by atoms with Crippen molar-refractivity contribution in [3.63, 3.8) is 0 Å². The number of ether oxygens (including phenoxy) is 4. The molecule has 0 fully saturated rings. The highest BCUT2D eigenvalue weighted by Gasteiger charge is 2.12. The summed E-state index contributed by atoms with van der Waals surface area (Å²) in [4.78, 5) is 0. The summed E-state index contributed by atoms with van der Waals surface area (Å²) in [5.74, 6) is 3.31. The fourth-order valence-corrected chi connectivity index (χ4v) is 3.57. The van der Waals surface area contributed by atoms with Crippen molar-refractivity contribution >= 4 is 0 Å². The van der Waals surface area contributed by atoms with E-state index in [1.54, 1.807) is 28.4 Å². The lowest BCUT2D eigenvalue weighted by molar-refractivity contribution is 0.354. The van der Waals surface area contributed by atoms with Gasteiger partial charge in [-0.05, 0) is 84.3 Å². The molecule has 0 N–H and O–H groups in total. The highest BCUT2D eigenvalue weighted by Crippen LogP contribution is 2.32. The Hall–Kier alpha value is -3.14. The van der Waals surface area contributed by atoms with Crippen LogP contribution in [0.25, 0.3) is 0 Å².